The van der Waals surface area contributed by atoms with Crippen LogP contribution in [0.25, 0.3) is 0 Å². The summed E-state index contributed by atoms with van der Waals surface area (Å²) in [6.45, 7) is 0. The molecule has 0 bridgehead atoms. The highest BCUT2D eigenvalue weighted by molar-refractivity contribution is 5.96. The maximum atomic E-state index is 12.0. The lowest BCUT2D eigenvalue weighted by atomic mass is 10.0. The number of nitrogens with one attached hydrogen (secondary N) is 1. The molecule has 24 heavy (non-hydrogen) atoms. The maximum absolute atomic E-state index is 12.0. The summed E-state index contributed by atoms with van der Waals surface area (Å²) in [6.07, 6.45) is 3.36. The first-order chi connectivity index (χ1) is 11.5. The van der Waals surface area contributed by atoms with Gasteiger partial charge in [0, 0.05) is 18.4 Å². The Morgan fingerprint density at radius 2 is 1.88 bits per heavy atom. The van der Waals surface area contributed by atoms with Crippen molar-refractivity contribution in [2.45, 2.75) is 44.6 Å². The molecule has 1 aliphatic carbocycles. The SMILES string of the molecule is COc1ccc(C(=O)CCCC(=O)NC(CC2CC2)C(=O)O)cc1. The van der Waals surface area contributed by atoms with Gasteiger partial charge in [-0.15, -0.1) is 0 Å². The second kappa shape index (κ2) is 8.47. The lowest BCUT2D eigenvalue weighted by Crippen LogP contribution is -2.41. The van der Waals surface area contributed by atoms with Gasteiger partial charge in [-0.05, 0) is 43.0 Å². The van der Waals surface area contributed by atoms with Crippen molar-refractivity contribution in [3.05, 3.63) is 29.8 Å². The van der Waals surface area contributed by atoms with Gasteiger partial charge < -0.3 is 15.2 Å². The summed E-state index contributed by atoms with van der Waals surface area (Å²) in [7, 11) is 1.56. The molecule has 1 aromatic carbocycles. The average Bonchev–Trinajstić information content (AvgIpc) is 3.38. The van der Waals surface area contributed by atoms with E-state index in [2.05, 4.69) is 5.32 Å². The van der Waals surface area contributed by atoms with E-state index >= 15 is 0 Å². The minimum absolute atomic E-state index is 0.0433. The lowest BCUT2D eigenvalue weighted by molar-refractivity contribution is -0.142. The summed E-state index contributed by atoms with van der Waals surface area (Å²) < 4.78 is 5.04. The van der Waals surface area contributed by atoms with E-state index in [1.165, 1.54) is 0 Å². The van der Waals surface area contributed by atoms with Gasteiger partial charge in [0.1, 0.15) is 11.8 Å². The number of benzene rings is 1. The van der Waals surface area contributed by atoms with E-state index in [0.717, 1.165) is 12.8 Å². The lowest BCUT2D eigenvalue weighted by Gasteiger charge is -2.13. The van der Waals surface area contributed by atoms with E-state index in [0.29, 0.717) is 30.1 Å². The second-order valence-corrected chi connectivity index (χ2v) is 6.14. The van der Waals surface area contributed by atoms with Crippen molar-refractivity contribution >= 4 is 17.7 Å². The molecule has 0 heterocycles. The highest BCUT2D eigenvalue weighted by Crippen LogP contribution is 2.33. The second-order valence-electron chi connectivity index (χ2n) is 6.14. The van der Waals surface area contributed by atoms with Crippen molar-refractivity contribution in [1.29, 1.82) is 0 Å². The van der Waals surface area contributed by atoms with Crippen LogP contribution in [0.4, 0.5) is 0 Å². The van der Waals surface area contributed by atoms with E-state index in [4.69, 9.17) is 9.84 Å². The number of hydrogen-bond donors (Lipinski definition) is 2. The summed E-state index contributed by atoms with van der Waals surface area (Å²) in [5.74, 6) is -0.252. The van der Waals surface area contributed by atoms with Gasteiger partial charge >= 0.3 is 5.97 Å². The molecule has 1 saturated carbocycles. The van der Waals surface area contributed by atoms with Gasteiger partial charge in [0.15, 0.2) is 5.78 Å². The van der Waals surface area contributed by atoms with Crippen LogP contribution >= 0.6 is 0 Å². The molecule has 6 nitrogen and oxygen atoms in total. The summed E-state index contributed by atoms with van der Waals surface area (Å²) in [5.41, 5.74) is 0.577. The molecule has 1 atom stereocenters. The summed E-state index contributed by atoms with van der Waals surface area (Å²) in [5, 5.41) is 11.7. The van der Waals surface area contributed by atoms with Crippen LogP contribution in [0, 0.1) is 5.92 Å². The van der Waals surface area contributed by atoms with Crippen LogP contribution in [0.3, 0.4) is 0 Å². The summed E-state index contributed by atoms with van der Waals surface area (Å²) in [6, 6.07) is 6.00. The van der Waals surface area contributed by atoms with Crippen molar-refractivity contribution in [2.75, 3.05) is 7.11 Å². The van der Waals surface area contributed by atoms with Crippen LogP contribution in [0.15, 0.2) is 24.3 Å². The van der Waals surface area contributed by atoms with E-state index in [1.807, 2.05) is 0 Å². The number of carboxylic acid groups (broad SMARTS) is 1. The Hall–Kier alpha value is -2.37. The largest absolute Gasteiger partial charge is 0.497 e. The van der Waals surface area contributed by atoms with Crippen molar-refractivity contribution in [1.82, 2.24) is 5.32 Å². The van der Waals surface area contributed by atoms with Gasteiger partial charge in [0.05, 0.1) is 7.11 Å². The predicted molar refractivity (Wildman–Crippen MR) is 88.1 cm³/mol. The third-order valence-electron chi connectivity index (χ3n) is 4.12. The zero-order valence-electron chi connectivity index (χ0n) is 13.8. The third-order valence-corrected chi connectivity index (χ3v) is 4.12. The van der Waals surface area contributed by atoms with Crippen LogP contribution in [-0.4, -0.2) is 35.9 Å². The first-order valence-electron chi connectivity index (χ1n) is 8.19. The molecule has 1 aromatic rings. The van der Waals surface area contributed by atoms with Gasteiger partial charge in [0.2, 0.25) is 5.91 Å². The number of carboxylic acids is 1. The van der Waals surface area contributed by atoms with Crippen LogP contribution in [-0.2, 0) is 9.59 Å². The Morgan fingerprint density at radius 3 is 2.42 bits per heavy atom. The van der Waals surface area contributed by atoms with Crippen LogP contribution < -0.4 is 10.1 Å². The zero-order chi connectivity index (χ0) is 17.5. The number of amides is 1. The van der Waals surface area contributed by atoms with Gasteiger partial charge in [-0.1, -0.05) is 12.8 Å². The number of hydrogen-bond acceptors (Lipinski definition) is 4. The standard InChI is InChI=1S/C18H23NO5/c1-24-14-9-7-13(8-10-14)16(20)3-2-4-17(21)19-15(18(22)23)11-12-5-6-12/h7-10,12,15H,2-6,11H2,1H3,(H,19,21)(H,22,23). The Morgan fingerprint density at radius 1 is 1.21 bits per heavy atom. The monoisotopic (exact) mass is 333 g/mol. The molecule has 0 saturated heterocycles. The average molecular weight is 333 g/mol. The van der Waals surface area contributed by atoms with E-state index in [1.54, 1.807) is 31.4 Å². The van der Waals surface area contributed by atoms with Crippen LogP contribution in [0.5, 0.6) is 5.75 Å². The topological polar surface area (TPSA) is 92.7 Å². The predicted octanol–water partition coefficient (Wildman–Crippen LogP) is 2.42. The Kier molecular flexibility index (Phi) is 6.35. The number of ether oxygens (including phenoxy) is 1. The fraction of sp³-hybridized carbons (Fsp3) is 0.500. The first-order valence-corrected chi connectivity index (χ1v) is 8.19. The minimum Gasteiger partial charge on any atom is -0.497 e. The molecule has 1 aliphatic rings. The quantitative estimate of drug-likeness (QED) is 0.642. The Bertz CT molecular complexity index is 592. The number of rotatable bonds is 10. The van der Waals surface area contributed by atoms with Crippen molar-refractivity contribution in [3.63, 3.8) is 0 Å². The van der Waals surface area contributed by atoms with E-state index in [-0.39, 0.29) is 24.5 Å². The zero-order valence-corrected chi connectivity index (χ0v) is 13.8. The van der Waals surface area contributed by atoms with Crippen molar-refractivity contribution < 1.29 is 24.2 Å². The molecular weight excluding hydrogens is 310 g/mol. The third kappa shape index (κ3) is 5.68. The van der Waals surface area contributed by atoms with Crippen molar-refractivity contribution in [3.8, 4) is 5.75 Å². The normalized spacial score (nSPS) is 14.7. The molecule has 0 aromatic heterocycles. The fourth-order valence-corrected chi connectivity index (χ4v) is 2.51. The van der Waals surface area contributed by atoms with Gasteiger partial charge in [0.25, 0.3) is 0 Å². The molecule has 2 rings (SSSR count). The molecular formula is C18H23NO5. The molecule has 2 N–H and O–H groups in total. The molecule has 130 valence electrons. The molecule has 1 amide bonds. The number of Topliss-reactive ketones (excluding diaryl/α,β-unsaturated/α-hetero) is 1. The Balaban J connectivity index is 1.72. The number of aliphatic carboxylic acids is 1. The summed E-state index contributed by atoms with van der Waals surface area (Å²) >= 11 is 0. The Labute approximate surface area is 141 Å². The summed E-state index contributed by atoms with van der Waals surface area (Å²) in [4.78, 5) is 35.0. The molecule has 0 aliphatic heterocycles. The molecule has 6 heteroatoms. The smallest absolute Gasteiger partial charge is 0.326 e. The molecule has 0 radical (unpaired) electrons. The fourth-order valence-electron chi connectivity index (χ4n) is 2.51. The number of carbonyl (C=O) groups excluding carboxylic acids is 2. The van der Waals surface area contributed by atoms with Crippen LogP contribution in [0.1, 0.15) is 48.9 Å². The number of carbonyl (C=O) groups is 3. The number of methoxy groups -OCH3 is 1. The molecule has 1 fully saturated rings. The van der Waals surface area contributed by atoms with Crippen molar-refractivity contribution in [2.24, 2.45) is 5.92 Å². The first kappa shape index (κ1) is 18.0. The van der Waals surface area contributed by atoms with Gasteiger partial charge in [-0.3, -0.25) is 9.59 Å². The van der Waals surface area contributed by atoms with Crippen LogP contribution in [0.2, 0.25) is 0 Å². The molecule has 1 unspecified atom stereocenters. The highest BCUT2D eigenvalue weighted by Gasteiger charge is 2.30. The number of ketones is 1. The van der Waals surface area contributed by atoms with E-state index in [9.17, 15) is 14.4 Å². The maximum Gasteiger partial charge on any atom is 0.326 e. The highest BCUT2D eigenvalue weighted by atomic mass is 16.5. The van der Waals surface area contributed by atoms with Gasteiger partial charge in [-0.2, -0.15) is 0 Å². The minimum atomic E-state index is -0.996. The van der Waals surface area contributed by atoms with E-state index < -0.39 is 12.0 Å². The van der Waals surface area contributed by atoms with Gasteiger partial charge in [-0.25, -0.2) is 4.79 Å². The molecule has 0 spiro atoms.